The van der Waals surface area contributed by atoms with Crippen LogP contribution in [-0.2, 0) is 11.2 Å². The highest BCUT2D eigenvalue weighted by Crippen LogP contribution is 2.41. The summed E-state index contributed by atoms with van der Waals surface area (Å²) >= 11 is 2.87. The van der Waals surface area contributed by atoms with Crippen LogP contribution in [0, 0.1) is 5.92 Å². The maximum atomic E-state index is 12.2. The minimum Gasteiger partial charge on any atom is -0.301 e. The molecule has 0 saturated heterocycles. The van der Waals surface area contributed by atoms with Crippen molar-refractivity contribution in [1.29, 1.82) is 0 Å². The van der Waals surface area contributed by atoms with E-state index in [1.54, 1.807) is 12.1 Å². The van der Waals surface area contributed by atoms with E-state index in [0.717, 1.165) is 35.7 Å². The van der Waals surface area contributed by atoms with Crippen LogP contribution in [0.3, 0.4) is 0 Å². The van der Waals surface area contributed by atoms with E-state index in [1.807, 2.05) is 18.2 Å². The lowest BCUT2D eigenvalue weighted by Crippen LogP contribution is -2.11. The minimum atomic E-state index is -0.180. The Kier molecular flexibility index (Phi) is 5.91. The van der Waals surface area contributed by atoms with Gasteiger partial charge in [0.05, 0.1) is 0 Å². The molecule has 0 aliphatic heterocycles. The lowest BCUT2D eigenvalue weighted by atomic mass is 10.0. The fraction of sp³-hybridized carbons (Fsp3) is 0.368. The Hall–Kier alpha value is -2.72. The number of hydrogen-bond acceptors (Lipinski definition) is 8. The second kappa shape index (κ2) is 8.75. The van der Waals surface area contributed by atoms with Crippen LogP contribution in [0.5, 0.6) is 0 Å². The summed E-state index contributed by atoms with van der Waals surface area (Å²) in [5.41, 5.74) is 0.596. The number of nitrogens with zero attached hydrogens (tertiary/aromatic N) is 4. The summed E-state index contributed by atoms with van der Waals surface area (Å²) in [5.74, 6) is 0.549. The molecule has 10 heteroatoms. The Morgan fingerprint density at radius 3 is 2.55 bits per heavy atom. The van der Waals surface area contributed by atoms with Gasteiger partial charge in [-0.3, -0.25) is 14.9 Å². The highest BCUT2D eigenvalue weighted by atomic mass is 32.1. The Balaban J connectivity index is 1.31. The van der Waals surface area contributed by atoms with E-state index in [0.29, 0.717) is 27.7 Å². The van der Waals surface area contributed by atoms with Gasteiger partial charge in [0.15, 0.2) is 0 Å². The predicted molar refractivity (Wildman–Crippen MR) is 112 cm³/mol. The van der Waals surface area contributed by atoms with Crippen LogP contribution in [0.1, 0.15) is 52.5 Å². The maximum Gasteiger partial charge on any atom is 0.257 e. The number of aromatic nitrogens is 4. The summed E-state index contributed by atoms with van der Waals surface area (Å²) in [4.78, 5) is 23.4. The number of benzene rings is 1. The fourth-order valence-electron chi connectivity index (χ4n) is 3.48. The number of amides is 2. The summed E-state index contributed by atoms with van der Waals surface area (Å²) in [6.45, 7) is 1.46. The Bertz CT molecular complexity index is 1000. The summed E-state index contributed by atoms with van der Waals surface area (Å²) in [7, 11) is 0. The van der Waals surface area contributed by atoms with Gasteiger partial charge in [0.1, 0.15) is 10.0 Å². The number of anilines is 2. The molecule has 0 radical (unpaired) electrons. The molecule has 1 saturated carbocycles. The van der Waals surface area contributed by atoms with Gasteiger partial charge in [-0.2, -0.15) is 0 Å². The Morgan fingerprint density at radius 2 is 1.76 bits per heavy atom. The molecular formula is C19H20N6O2S2. The zero-order valence-electron chi connectivity index (χ0n) is 15.8. The average Bonchev–Trinajstić information content (AvgIpc) is 3.44. The van der Waals surface area contributed by atoms with Gasteiger partial charge < -0.3 is 5.32 Å². The number of hydrogen-bond donors (Lipinski definition) is 2. The molecule has 2 amide bonds. The van der Waals surface area contributed by atoms with Crippen LogP contribution in [0.25, 0.3) is 0 Å². The number of rotatable bonds is 6. The molecule has 0 spiro atoms. The van der Waals surface area contributed by atoms with Gasteiger partial charge in [-0.1, -0.05) is 40.9 Å². The molecule has 1 fully saturated rings. The van der Waals surface area contributed by atoms with Gasteiger partial charge in [-0.15, -0.1) is 20.4 Å². The van der Waals surface area contributed by atoms with Crippen LogP contribution in [0.15, 0.2) is 30.3 Å². The SMILES string of the molecule is CC(=O)Nc1nnc(C2CCC(Cc3nnc(NC(=O)c4ccccc4)s3)C2)s1. The van der Waals surface area contributed by atoms with Crippen molar-refractivity contribution in [2.45, 2.75) is 38.5 Å². The van der Waals surface area contributed by atoms with Crippen molar-refractivity contribution in [3.8, 4) is 0 Å². The van der Waals surface area contributed by atoms with Crippen molar-refractivity contribution in [2.75, 3.05) is 10.6 Å². The number of nitrogens with one attached hydrogen (secondary N) is 2. The van der Waals surface area contributed by atoms with Crippen LogP contribution in [-0.4, -0.2) is 32.2 Å². The molecule has 150 valence electrons. The van der Waals surface area contributed by atoms with Gasteiger partial charge in [-0.25, -0.2) is 0 Å². The van der Waals surface area contributed by atoms with Gasteiger partial charge in [0.2, 0.25) is 16.2 Å². The van der Waals surface area contributed by atoms with E-state index >= 15 is 0 Å². The van der Waals surface area contributed by atoms with Crippen LogP contribution in [0.2, 0.25) is 0 Å². The van der Waals surface area contributed by atoms with Crippen molar-refractivity contribution in [3.05, 3.63) is 45.9 Å². The number of carbonyl (C=O) groups is 2. The molecule has 3 aromatic rings. The summed E-state index contributed by atoms with van der Waals surface area (Å²) < 4.78 is 0. The second-order valence-electron chi connectivity index (χ2n) is 7.03. The summed E-state index contributed by atoms with van der Waals surface area (Å²) in [5, 5.41) is 25.1. The molecule has 2 atom stereocenters. The second-order valence-corrected chi connectivity index (χ2v) is 9.10. The van der Waals surface area contributed by atoms with Crippen LogP contribution < -0.4 is 10.6 Å². The van der Waals surface area contributed by atoms with E-state index in [4.69, 9.17) is 0 Å². The third-order valence-electron chi connectivity index (χ3n) is 4.80. The number of carbonyl (C=O) groups excluding carboxylic acids is 2. The van der Waals surface area contributed by atoms with Crippen molar-refractivity contribution in [1.82, 2.24) is 20.4 Å². The van der Waals surface area contributed by atoms with Crippen molar-refractivity contribution < 1.29 is 9.59 Å². The molecule has 2 heterocycles. The molecule has 0 bridgehead atoms. The molecule has 2 aromatic heterocycles. The third kappa shape index (κ3) is 5.01. The van der Waals surface area contributed by atoms with E-state index in [1.165, 1.54) is 29.6 Å². The van der Waals surface area contributed by atoms with Gasteiger partial charge >= 0.3 is 0 Å². The topological polar surface area (TPSA) is 110 Å². The minimum absolute atomic E-state index is 0.136. The lowest BCUT2D eigenvalue weighted by molar-refractivity contribution is -0.114. The molecule has 2 N–H and O–H groups in total. The van der Waals surface area contributed by atoms with Crippen molar-refractivity contribution in [2.24, 2.45) is 5.92 Å². The van der Waals surface area contributed by atoms with Crippen LogP contribution >= 0.6 is 22.7 Å². The largest absolute Gasteiger partial charge is 0.301 e. The molecule has 29 heavy (non-hydrogen) atoms. The van der Waals surface area contributed by atoms with Crippen LogP contribution in [0.4, 0.5) is 10.3 Å². The molecular weight excluding hydrogens is 408 g/mol. The molecule has 1 aliphatic rings. The lowest BCUT2D eigenvalue weighted by Gasteiger charge is -2.06. The van der Waals surface area contributed by atoms with Gasteiger partial charge in [-0.05, 0) is 37.3 Å². The van der Waals surface area contributed by atoms with E-state index in [2.05, 4.69) is 31.0 Å². The van der Waals surface area contributed by atoms with Gasteiger partial charge in [0, 0.05) is 24.8 Å². The monoisotopic (exact) mass is 428 g/mol. The summed E-state index contributed by atoms with van der Waals surface area (Å²) in [6.07, 6.45) is 3.99. The molecule has 2 unspecified atom stereocenters. The Labute approximate surface area is 175 Å². The predicted octanol–water partition coefficient (Wildman–Crippen LogP) is 3.73. The smallest absolute Gasteiger partial charge is 0.257 e. The highest BCUT2D eigenvalue weighted by molar-refractivity contribution is 7.15. The molecule has 4 rings (SSSR count). The van der Waals surface area contributed by atoms with Gasteiger partial charge in [0.25, 0.3) is 5.91 Å². The van der Waals surface area contributed by atoms with E-state index < -0.39 is 0 Å². The van der Waals surface area contributed by atoms with E-state index in [-0.39, 0.29) is 11.8 Å². The molecule has 1 aliphatic carbocycles. The first kappa shape index (κ1) is 19.6. The quantitative estimate of drug-likeness (QED) is 0.619. The first-order valence-corrected chi connectivity index (χ1v) is 11.0. The molecule has 1 aromatic carbocycles. The standard InChI is InChI=1S/C19H20N6O2S2/c1-11(26)20-18-25-23-17(29-18)14-8-7-12(9-14)10-15-22-24-19(28-15)21-16(27)13-5-3-2-4-6-13/h2-6,12,14H,7-10H2,1H3,(H,20,25,26)(H,21,24,27). The first-order chi connectivity index (χ1) is 14.1. The fourth-order valence-corrected chi connectivity index (χ4v) is 5.26. The third-order valence-corrected chi connectivity index (χ3v) is 6.66. The highest BCUT2D eigenvalue weighted by Gasteiger charge is 2.29. The summed E-state index contributed by atoms with van der Waals surface area (Å²) in [6, 6.07) is 9.06. The van der Waals surface area contributed by atoms with Crippen molar-refractivity contribution in [3.63, 3.8) is 0 Å². The zero-order chi connectivity index (χ0) is 20.2. The van der Waals surface area contributed by atoms with Crippen molar-refractivity contribution >= 4 is 44.8 Å². The Morgan fingerprint density at radius 1 is 1.00 bits per heavy atom. The molecule has 8 nitrogen and oxygen atoms in total. The first-order valence-electron chi connectivity index (χ1n) is 9.36. The zero-order valence-corrected chi connectivity index (χ0v) is 17.4. The average molecular weight is 429 g/mol. The normalized spacial score (nSPS) is 18.5. The maximum absolute atomic E-state index is 12.2. The van der Waals surface area contributed by atoms with E-state index in [9.17, 15) is 9.59 Å².